The third-order valence-corrected chi connectivity index (χ3v) is 5.85. The van der Waals surface area contributed by atoms with Crippen molar-refractivity contribution in [3.63, 3.8) is 0 Å². The first-order chi connectivity index (χ1) is 14.3. The highest BCUT2D eigenvalue weighted by Gasteiger charge is 2.28. The standard InChI is InChI=1S/C20H25N3O6S/c1-2-3-11-17(14-20(24)21-29-15-16-9-5-4-6-10-16)22-30(27,28)19-13-8-7-12-18(19)23(25)26/h4-10,12-13,17,22H,2-3,11,14-15H2,1H3,(H,21,24)/t17-/m0/s1. The first-order valence-electron chi connectivity index (χ1n) is 9.53. The van der Waals surface area contributed by atoms with Gasteiger partial charge in [-0.15, -0.1) is 0 Å². The average molecular weight is 436 g/mol. The van der Waals surface area contributed by atoms with Gasteiger partial charge in [-0.3, -0.25) is 19.7 Å². The zero-order chi connectivity index (χ0) is 22.0. The predicted molar refractivity (Wildman–Crippen MR) is 111 cm³/mol. The number of unbranched alkanes of at least 4 members (excludes halogenated alkanes) is 1. The molecule has 2 aromatic rings. The molecule has 0 radical (unpaired) electrons. The minimum Gasteiger partial charge on any atom is -0.273 e. The Morgan fingerprint density at radius 1 is 1.13 bits per heavy atom. The quantitative estimate of drug-likeness (QED) is 0.390. The molecule has 1 amide bonds. The molecule has 9 nitrogen and oxygen atoms in total. The molecule has 0 fully saturated rings. The van der Waals surface area contributed by atoms with Crippen LogP contribution >= 0.6 is 0 Å². The maximum absolute atomic E-state index is 12.7. The van der Waals surface area contributed by atoms with E-state index in [9.17, 15) is 23.3 Å². The van der Waals surface area contributed by atoms with Crippen molar-refractivity contribution in [3.05, 3.63) is 70.3 Å². The molecule has 0 bridgehead atoms. The van der Waals surface area contributed by atoms with Crippen LogP contribution in [-0.2, 0) is 26.3 Å². The van der Waals surface area contributed by atoms with E-state index in [4.69, 9.17) is 4.84 Å². The number of hydrogen-bond acceptors (Lipinski definition) is 6. The van der Waals surface area contributed by atoms with Crippen LogP contribution in [0.25, 0.3) is 0 Å². The van der Waals surface area contributed by atoms with E-state index in [0.717, 1.165) is 18.1 Å². The van der Waals surface area contributed by atoms with Crippen molar-refractivity contribution in [1.82, 2.24) is 10.2 Å². The summed E-state index contributed by atoms with van der Waals surface area (Å²) in [5, 5.41) is 11.2. The number of hydrogen-bond donors (Lipinski definition) is 2. The van der Waals surface area contributed by atoms with E-state index >= 15 is 0 Å². The second kappa shape index (κ2) is 11.4. The number of carbonyl (C=O) groups is 1. The summed E-state index contributed by atoms with van der Waals surface area (Å²) in [7, 11) is -4.19. The van der Waals surface area contributed by atoms with Gasteiger partial charge < -0.3 is 0 Å². The maximum Gasteiger partial charge on any atom is 0.289 e. The van der Waals surface area contributed by atoms with Crippen LogP contribution in [0.4, 0.5) is 5.69 Å². The molecule has 0 saturated carbocycles. The van der Waals surface area contributed by atoms with Crippen LogP contribution in [0.15, 0.2) is 59.5 Å². The number of amides is 1. The van der Waals surface area contributed by atoms with Gasteiger partial charge in [0, 0.05) is 18.5 Å². The Morgan fingerprint density at radius 3 is 2.47 bits per heavy atom. The summed E-state index contributed by atoms with van der Waals surface area (Å²) in [4.78, 5) is 27.4. The molecular weight excluding hydrogens is 410 g/mol. The number of nitrogens with one attached hydrogen (secondary N) is 2. The zero-order valence-corrected chi connectivity index (χ0v) is 17.4. The summed E-state index contributed by atoms with van der Waals surface area (Å²) in [6.45, 7) is 2.12. The SMILES string of the molecule is CCCC[C@@H](CC(=O)NOCc1ccccc1)NS(=O)(=O)c1ccccc1[N+](=O)[O-]. The second-order valence-electron chi connectivity index (χ2n) is 6.69. The average Bonchev–Trinajstić information content (AvgIpc) is 2.72. The smallest absolute Gasteiger partial charge is 0.273 e. The van der Waals surface area contributed by atoms with Crippen molar-refractivity contribution >= 4 is 21.6 Å². The molecular formula is C20H25N3O6S. The molecule has 0 unspecified atom stereocenters. The molecule has 2 aromatic carbocycles. The van der Waals surface area contributed by atoms with Gasteiger partial charge in [-0.25, -0.2) is 18.6 Å². The van der Waals surface area contributed by atoms with Gasteiger partial charge >= 0.3 is 0 Å². The van der Waals surface area contributed by atoms with Gasteiger partial charge in [0.2, 0.25) is 15.9 Å². The lowest BCUT2D eigenvalue weighted by atomic mass is 10.1. The van der Waals surface area contributed by atoms with Crippen LogP contribution in [0.1, 0.15) is 38.2 Å². The Balaban J connectivity index is 2.02. The Labute approximate surface area is 175 Å². The minimum absolute atomic E-state index is 0.158. The van der Waals surface area contributed by atoms with Gasteiger partial charge in [0.25, 0.3) is 5.69 Å². The lowest BCUT2D eigenvalue weighted by Gasteiger charge is -2.18. The molecule has 0 aliphatic heterocycles. The fourth-order valence-electron chi connectivity index (χ4n) is 2.81. The van der Waals surface area contributed by atoms with Crippen molar-refractivity contribution in [2.24, 2.45) is 0 Å². The third kappa shape index (κ3) is 7.21. The molecule has 162 valence electrons. The Morgan fingerprint density at radius 2 is 1.80 bits per heavy atom. The Bertz CT molecular complexity index is 950. The number of nitrogens with zero attached hydrogens (tertiary/aromatic N) is 1. The number of rotatable bonds is 12. The van der Waals surface area contributed by atoms with Crippen molar-refractivity contribution in [2.45, 2.75) is 50.2 Å². The van der Waals surface area contributed by atoms with Crippen LogP contribution in [-0.4, -0.2) is 25.3 Å². The molecule has 0 aliphatic rings. The van der Waals surface area contributed by atoms with Gasteiger partial charge in [0.1, 0.15) is 0 Å². The monoisotopic (exact) mass is 435 g/mol. The third-order valence-electron chi connectivity index (χ3n) is 4.28. The second-order valence-corrected chi connectivity index (χ2v) is 8.37. The Kier molecular flexibility index (Phi) is 8.90. The predicted octanol–water partition coefficient (Wildman–Crippen LogP) is 3.07. The van der Waals surface area contributed by atoms with Gasteiger partial charge in [-0.1, -0.05) is 62.2 Å². The number of hydroxylamine groups is 1. The zero-order valence-electron chi connectivity index (χ0n) is 16.6. The summed E-state index contributed by atoms with van der Waals surface area (Å²) in [6.07, 6.45) is 1.73. The van der Waals surface area contributed by atoms with Crippen LogP contribution in [0, 0.1) is 10.1 Å². The number of carbonyl (C=O) groups excluding carboxylic acids is 1. The highest BCUT2D eigenvalue weighted by atomic mass is 32.2. The van der Waals surface area contributed by atoms with E-state index < -0.39 is 37.5 Å². The van der Waals surface area contributed by atoms with Crippen LogP contribution in [0.5, 0.6) is 0 Å². The van der Waals surface area contributed by atoms with E-state index in [1.165, 1.54) is 18.2 Å². The highest BCUT2D eigenvalue weighted by Crippen LogP contribution is 2.23. The molecule has 30 heavy (non-hydrogen) atoms. The van der Waals surface area contributed by atoms with Crippen LogP contribution in [0.2, 0.25) is 0 Å². The van der Waals surface area contributed by atoms with E-state index in [2.05, 4.69) is 10.2 Å². The summed E-state index contributed by atoms with van der Waals surface area (Å²) >= 11 is 0. The molecule has 0 spiro atoms. The first-order valence-corrected chi connectivity index (χ1v) is 11.0. The van der Waals surface area contributed by atoms with Gasteiger partial charge in [0.05, 0.1) is 11.5 Å². The molecule has 10 heteroatoms. The maximum atomic E-state index is 12.7. The van der Waals surface area contributed by atoms with Gasteiger partial charge in [-0.2, -0.15) is 0 Å². The van der Waals surface area contributed by atoms with Crippen molar-refractivity contribution in [3.8, 4) is 0 Å². The largest absolute Gasteiger partial charge is 0.289 e. The first kappa shape index (κ1) is 23.5. The number of sulfonamides is 1. The molecule has 0 aliphatic carbocycles. The fourth-order valence-corrected chi connectivity index (χ4v) is 4.25. The summed E-state index contributed by atoms with van der Waals surface area (Å²) < 4.78 is 27.9. The van der Waals surface area contributed by atoms with Crippen LogP contribution < -0.4 is 10.2 Å². The highest BCUT2D eigenvalue weighted by molar-refractivity contribution is 7.89. The Hall–Kier alpha value is -2.82. The number of nitro benzene ring substituents is 1. The topological polar surface area (TPSA) is 128 Å². The molecule has 0 heterocycles. The number of para-hydroxylation sites is 1. The molecule has 0 saturated heterocycles. The lowest BCUT2D eigenvalue weighted by Crippen LogP contribution is -2.39. The van der Waals surface area contributed by atoms with Crippen molar-refractivity contribution in [2.75, 3.05) is 0 Å². The fraction of sp³-hybridized carbons (Fsp3) is 0.350. The van der Waals surface area contributed by atoms with Crippen molar-refractivity contribution < 1.29 is 23.0 Å². The van der Waals surface area contributed by atoms with Gasteiger partial charge in [0.15, 0.2) is 4.90 Å². The van der Waals surface area contributed by atoms with E-state index in [1.807, 2.05) is 37.3 Å². The lowest BCUT2D eigenvalue weighted by molar-refractivity contribution is -0.387. The summed E-state index contributed by atoms with van der Waals surface area (Å²) in [5.41, 5.74) is 2.67. The summed E-state index contributed by atoms with van der Waals surface area (Å²) in [5.74, 6) is -0.489. The van der Waals surface area contributed by atoms with E-state index in [-0.39, 0.29) is 13.0 Å². The minimum atomic E-state index is -4.19. The van der Waals surface area contributed by atoms with Crippen molar-refractivity contribution in [1.29, 1.82) is 0 Å². The molecule has 2 rings (SSSR count). The number of benzene rings is 2. The normalized spacial score (nSPS) is 12.3. The van der Waals surface area contributed by atoms with E-state index in [1.54, 1.807) is 0 Å². The van der Waals surface area contributed by atoms with E-state index in [0.29, 0.717) is 12.8 Å². The number of nitro groups is 1. The molecule has 2 N–H and O–H groups in total. The molecule has 1 atom stereocenters. The molecule has 0 aromatic heterocycles. The van der Waals surface area contributed by atoms with Gasteiger partial charge in [-0.05, 0) is 18.1 Å². The van der Waals surface area contributed by atoms with Crippen LogP contribution in [0.3, 0.4) is 0 Å². The summed E-state index contributed by atoms with van der Waals surface area (Å²) in [6, 6.07) is 13.6.